The van der Waals surface area contributed by atoms with Crippen molar-refractivity contribution in [1.82, 2.24) is 4.72 Å². The van der Waals surface area contributed by atoms with Crippen molar-refractivity contribution in [2.45, 2.75) is 24.5 Å². The highest BCUT2D eigenvalue weighted by molar-refractivity contribution is 7.88. The minimum Gasteiger partial charge on any atom is -0.479 e. The van der Waals surface area contributed by atoms with Crippen LogP contribution >= 0.6 is 0 Å². The van der Waals surface area contributed by atoms with Crippen LogP contribution in [0.1, 0.15) is 18.1 Å². The molecular weight excluding hydrogens is 327 g/mol. The number of rotatable bonds is 6. The lowest BCUT2D eigenvalue weighted by atomic mass is 10.1. The standard InChI is InChI=1S/C12H14F3NO5S/c1-11(19,10(17)18)7-16-22(20,21)6-8-3-2-4-9(5-8)12(13,14)15/h2-5,16,19H,6-7H2,1H3,(H,17,18). The third kappa shape index (κ3) is 5.28. The third-order valence-electron chi connectivity index (χ3n) is 2.71. The summed E-state index contributed by atoms with van der Waals surface area (Å²) in [5.41, 5.74) is -3.42. The van der Waals surface area contributed by atoms with Gasteiger partial charge in [0.15, 0.2) is 5.60 Å². The second-order valence-corrected chi connectivity index (χ2v) is 6.66. The van der Waals surface area contributed by atoms with Gasteiger partial charge in [0.1, 0.15) is 0 Å². The summed E-state index contributed by atoms with van der Waals surface area (Å²) in [5, 5.41) is 18.0. The fourth-order valence-electron chi connectivity index (χ4n) is 1.43. The van der Waals surface area contributed by atoms with Crippen molar-refractivity contribution in [3.8, 4) is 0 Å². The Labute approximate surface area is 124 Å². The number of nitrogens with one attached hydrogen (secondary N) is 1. The molecule has 0 aromatic heterocycles. The zero-order valence-corrected chi connectivity index (χ0v) is 12.2. The summed E-state index contributed by atoms with van der Waals surface area (Å²) in [5.74, 6) is -2.40. The van der Waals surface area contributed by atoms with Gasteiger partial charge in [-0.3, -0.25) is 0 Å². The molecule has 3 N–H and O–H groups in total. The molecule has 0 heterocycles. The molecule has 1 aromatic rings. The van der Waals surface area contributed by atoms with E-state index < -0.39 is 45.6 Å². The van der Waals surface area contributed by atoms with Crippen molar-refractivity contribution in [1.29, 1.82) is 0 Å². The maximum atomic E-state index is 12.5. The molecule has 1 rings (SSSR count). The van der Waals surface area contributed by atoms with Crippen molar-refractivity contribution in [2.75, 3.05) is 6.54 Å². The van der Waals surface area contributed by atoms with E-state index in [9.17, 15) is 31.5 Å². The quantitative estimate of drug-likeness (QED) is 0.715. The number of hydrogen-bond donors (Lipinski definition) is 3. The third-order valence-corrected chi connectivity index (χ3v) is 4.01. The first-order valence-corrected chi connectivity index (χ1v) is 7.58. The summed E-state index contributed by atoms with van der Waals surface area (Å²) in [4.78, 5) is 10.6. The molecule has 10 heteroatoms. The first-order chi connectivity index (χ1) is 9.83. The summed E-state index contributed by atoms with van der Waals surface area (Å²) in [7, 11) is -4.10. The number of halogens is 3. The van der Waals surface area contributed by atoms with Gasteiger partial charge in [0.25, 0.3) is 0 Å². The predicted molar refractivity (Wildman–Crippen MR) is 70.3 cm³/mol. The highest BCUT2D eigenvalue weighted by Gasteiger charge is 2.32. The number of carboxylic acid groups (broad SMARTS) is 1. The van der Waals surface area contributed by atoms with Crippen LogP contribution in [0, 0.1) is 0 Å². The molecule has 22 heavy (non-hydrogen) atoms. The van der Waals surface area contributed by atoms with Crippen LogP contribution < -0.4 is 4.72 Å². The Morgan fingerprint density at radius 3 is 2.41 bits per heavy atom. The lowest BCUT2D eigenvalue weighted by Gasteiger charge is -2.18. The number of hydrogen-bond acceptors (Lipinski definition) is 4. The van der Waals surface area contributed by atoms with Crippen LogP contribution in [0.2, 0.25) is 0 Å². The Morgan fingerprint density at radius 1 is 1.32 bits per heavy atom. The molecule has 0 aliphatic heterocycles. The van der Waals surface area contributed by atoms with Gasteiger partial charge in [-0.15, -0.1) is 0 Å². The van der Waals surface area contributed by atoms with Crippen LogP contribution in [0.3, 0.4) is 0 Å². The van der Waals surface area contributed by atoms with E-state index in [1.807, 2.05) is 4.72 Å². The molecule has 0 aliphatic carbocycles. The van der Waals surface area contributed by atoms with Crippen molar-refractivity contribution >= 4 is 16.0 Å². The molecule has 0 fully saturated rings. The molecule has 1 aromatic carbocycles. The van der Waals surface area contributed by atoms with Gasteiger partial charge in [0.2, 0.25) is 10.0 Å². The molecule has 0 spiro atoms. The SMILES string of the molecule is CC(O)(CNS(=O)(=O)Cc1cccc(C(F)(F)F)c1)C(=O)O. The number of alkyl halides is 3. The van der Waals surface area contributed by atoms with Crippen LogP contribution in [0.5, 0.6) is 0 Å². The minimum atomic E-state index is -4.60. The molecule has 0 radical (unpaired) electrons. The second kappa shape index (κ2) is 6.23. The van der Waals surface area contributed by atoms with E-state index >= 15 is 0 Å². The highest BCUT2D eigenvalue weighted by Crippen LogP contribution is 2.29. The van der Waals surface area contributed by atoms with Gasteiger partial charge in [-0.2, -0.15) is 13.2 Å². The number of carbonyl (C=O) groups is 1. The molecular formula is C12H14F3NO5S. The number of aliphatic hydroxyl groups is 1. The fraction of sp³-hybridized carbons (Fsp3) is 0.417. The van der Waals surface area contributed by atoms with Gasteiger partial charge in [0.05, 0.1) is 11.3 Å². The first kappa shape index (κ1) is 18.4. The van der Waals surface area contributed by atoms with Crippen molar-refractivity contribution < 1.29 is 36.6 Å². The molecule has 0 amide bonds. The summed E-state index contributed by atoms with van der Waals surface area (Å²) in [6, 6.07) is 3.76. The largest absolute Gasteiger partial charge is 0.479 e. The molecule has 1 atom stereocenters. The Kier molecular flexibility index (Phi) is 5.21. The van der Waals surface area contributed by atoms with E-state index in [2.05, 4.69) is 0 Å². The molecule has 0 saturated heterocycles. The van der Waals surface area contributed by atoms with Crippen LogP contribution in [0.15, 0.2) is 24.3 Å². The van der Waals surface area contributed by atoms with Crippen LogP contribution in [0.4, 0.5) is 13.2 Å². The van der Waals surface area contributed by atoms with Crippen molar-refractivity contribution in [3.63, 3.8) is 0 Å². The zero-order chi connectivity index (χ0) is 17.2. The molecule has 6 nitrogen and oxygen atoms in total. The predicted octanol–water partition coefficient (Wildman–Crippen LogP) is 0.960. The lowest BCUT2D eigenvalue weighted by molar-refractivity contribution is -0.155. The Bertz CT molecular complexity index is 655. The molecule has 0 bridgehead atoms. The molecule has 124 valence electrons. The number of benzene rings is 1. The van der Waals surface area contributed by atoms with E-state index in [4.69, 9.17) is 5.11 Å². The van der Waals surface area contributed by atoms with Gasteiger partial charge >= 0.3 is 12.1 Å². The average Bonchev–Trinajstić information content (AvgIpc) is 2.35. The fourth-order valence-corrected chi connectivity index (χ4v) is 2.66. The lowest BCUT2D eigenvalue weighted by Crippen LogP contribution is -2.46. The van der Waals surface area contributed by atoms with E-state index in [0.29, 0.717) is 6.07 Å². The van der Waals surface area contributed by atoms with Crippen molar-refractivity contribution in [2.24, 2.45) is 0 Å². The van der Waals surface area contributed by atoms with E-state index in [-0.39, 0.29) is 5.56 Å². The van der Waals surface area contributed by atoms with Crippen molar-refractivity contribution in [3.05, 3.63) is 35.4 Å². The Hall–Kier alpha value is -1.65. The smallest absolute Gasteiger partial charge is 0.416 e. The first-order valence-electron chi connectivity index (χ1n) is 5.93. The summed E-state index contributed by atoms with van der Waals surface area (Å²) < 4.78 is 62.9. The van der Waals surface area contributed by atoms with Gasteiger partial charge in [-0.25, -0.2) is 17.9 Å². The highest BCUT2D eigenvalue weighted by atomic mass is 32.2. The average molecular weight is 341 g/mol. The number of carboxylic acids is 1. The van der Waals surface area contributed by atoms with Gasteiger partial charge in [0, 0.05) is 6.54 Å². The Balaban J connectivity index is 2.84. The number of aliphatic carboxylic acids is 1. The van der Waals surface area contributed by atoms with Crippen LogP contribution in [0.25, 0.3) is 0 Å². The van der Waals surface area contributed by atoms with E-state index in [1.165, 1.54) is 6.07 Å². The van der Waals surface area contributed by atoms with Gasteiger partial charge in [-0.1, -0.05) is 18.2 Å². The molecule has 0 aliphatic rings. The maximum Gasteiger partial charge on any atom is 0.416 e. The topological polar surface area (TPSA) is 104 Å². The maximum absolute atomic E-state index is 12.5. The van der Waals surface area contributed by atoms with E-state index in [1.54, 1.807) is 0 Å². The summed E-state index contributed by atoms with van der Waals surface area (Å²) in [6.45, 7) is 0.0890. The van der Waals surface area contributed by atoms with Gasteiger partial charge < -0.3 is 10.2 Å². The number of sulfonamides is 1. The summed E-state index contributed by atoms with van der Waals surface area (Å²) in [6.07, 6.45) is -4.60. The van der Waals surface area contributed by atoms with Gasteiger partial charge in [-0.05, 0) is 18.6 Å². The monoisotopic (exact) mass is 341 g/mol. The minimum absolute atomic E-state index is 0.114. The van der Waals surface area contributed by atoms with E-state index in [0.717, 1.165) is 19.1 Å². The van der Waals surface area contributed by atoms with Crippen LogP contribution in [-0.2, 0) is 26.7 Å². The normalized spacial score (nSPS) is 15.3. The zero-order valence-electron chi connectivity index (χ0n) is 11.4. The Morgan fingerprint density at radius 2 is 1.91 bits per heavy atom. The molecule has 1 unspecified atom stereocenters. The molecule has 0 saturated carbocycles. The second-order valence-electron chi connectivity index (χ2n) is 4.86. The summed E-state index contributed by atoms with van der Waals surface area (Å²) >= 11 is 0. The van der Waals surface area contributed by atoms with Crippen LogP contribution in [-0.4, -0.2) is 36.7 Å².